The standard InChI is InChI=1S/C18H22N4O2.ClH/c19-6-5-13-1-3-14(4-2-13)18(24)22-11-15(17(23)12-22)9-16-10-20-7-8-21-16;/h1-4,7-8,10,15,17,23H,5-6,9,11-12,19H2;1H/t15-,17-;/m1./s1. The minimum atomic E-state index is -0.535. The molecule has 3 N–H and O–H groups in total. The second-order valence-electron chi connectivity index (χ2n) is 6.17. The van der Waals surface area contributed by atoms with Crippen LogP contribution in [-0.4, -0.2) is 51.6 Å². The van der Waals surface area contributed by atoms with E-state index in [2.05, 4.69) is 9.97 Å². The number of aliphatic hydroxyl groups is 1. The summed E-state index contributed by atoms with van der Waals surface area (Å²) in [7, 11) is 0. The summed E-state index contributed by atoms with van der Waals surface area (Å²) in [6.07, 6.45) is 5.85. The van der Waals surface area contributed by atoms with Gasteiger partial charge in [0.25, 0.3) is 5.91 Å². The van der Waals surface area contributed by atoms with Crippen molar-refractivity contribution in [3.8, 4) is 0 Å². The minimum Gasteiger partial charge on any atom is -0.391 e. The summed E-state index contributed by atoms with van der Waals surface area (Å²) in [5, 5.41) is 10.3. The van der Waals surface area contributed by atoms with E-state index in [0.29, 0.717) is 31.6 Å². The highest BCUT2D eigenvalue weighted by molar-refractivity contribution is 5.94. The van der Waals surface area contributed by atoms with Crippen molar-refractivity contribution >= 4 is 18.3 Å². The molecule has 0 unspecified atom stereocenters. The molecular weight excluding hydrogens is 340 g/mol. The molecule has 2 atom stereocenters. The van der Waals surface area contributed by atoms with Crippen LogP contribution in [0.3, 0.4) is 0 Å². The Morgan fingerprint density at radius 1 is 1.24 bits per heavy atom. The monoisotopic (exact) mass is 362 g/mol. The Labute approximate surface area is 153 Å². The van der Waals surface area contributed by atoms with Gasteiger partial charge in [0.2, 0.25) is 0 Å². The van der Waals surface area contributed by atoms with Gasteiger partial charge < -0.3 is 15.7 Å². The number of hydrogen-bond acceptors (Lipinski definition) is 5. The predicted octanol–water partition coefficient (Wildman–Crippen LogP) is 1.08. The molecular formula is C18H23ClN4O2. The number of benzene rings is 1. The van der Waals surface area contributed by atoms with Crippen molar-refractivity contribution < 1.29 is 9.90 Å². The maximum absolute atomic E-state index is 12.6. The van der Waals surface area contributed by atoms with Crippen LogP contribution in [0.1, 0.15) is 21.6 Å². The molecule has 7 heteroatoms. The molecule has 2 heterocycles. The second kappa shape index (κ2) is 8.89. The highest BCUT2D eigenvalue weighted by Gasteiger charge is 2.34. The Bertz CT molecular complexity index is 681. The van der Waals surface area contributed by atoms with Crippen LogP contribution in [0.2, 0.25) is 0 Å². The van der Waals surface area contributed by atoms with E-state index >= 15 is 0 Å². The van der Waals surface area contributed by atoms with Crippen LogP contribution in [0, 0.1) is 5.92 Å². The van der Waals surface area contributed by atoms with Crippen molar-refractivity contribution in [2.24, 2.45) is 11.7 Å². The number of aromatic nitrogens is 2. The van der Waals surface area contributed by atoms with Gasteiger partial charge in [-0.25, -0.2) is 0 Å². The maximum Gasteiger partial charge on any atom is 0.253 e. The molecule has 0 spiro atoms. The van der Waals surface area contributed by atoms with E-state index in [1.165, 1.54) is 0 Å². The Hall–Kier alpha value is -2.02. The summed E-state index contributed by atoms with van der Waals surface area (Å²) in [6, 6.07) is 7.53. The Morgan fingerprint density at radius 3 is 2.64 bits per heavy atom. The van der Waals surface area contributed by atoms with Gasteiger partial charge in [-0.2, -0.15) is 0 Å². The van der Waals surface area contributed by atoms with Crippen LogP contribution in [0.4, 0.5) is 0 Å². The number of carbonyl (C=O) groups is 1. The summed E-state index contributed by atoms with van der Waals surface area (Å²) in [4.78, 5) is 22.6. The minimum absolute atomic E-state index is 0. The quantitative estimate of drug-likeness (QED) is 0.830. The molecule has 2 aromatic rings. The van der Waals surface area contributed by atoms with Gasteiger partial charge >= 0.3 is 0 Å². The van der Waals surface area contributed by atoms with Crippen molar-refractivity contribution in [1.29, 1.82) is 0 Å². The average Bonchev–Trinajstić information content (AvgIpc) is 2.97. The lowest BCUT2D eigenvalue weighted by molar-refractivity contribution is 0.0764. The average molecular weight is 363 g/mol. The second-order valence-corrected chi connectivity index (χ2v) is 6.17. The summed E-state index contributed by atoms with van der Waals surface area (Å²) >= 11 is 0. The van der Waals surface area contributed by atoms with E-state index in [4.69, 9.17) is 5.73 Å². The number of carbonyl (C=O) groups excluding carboxylic acids is 1. The molecule has 25 heavy (non-hydrogen) atoms. The van der Waals surface area contributed by atoms with Crippen LogP contribution >= 0.6 is 12.4 Å². The van der Waals surface area contributed by atoms with Crippen molar-refractivity contribution in [2.45, 2.75) is 18.9 Å². The summed E-state index contributed by atoms with van der Waals surface area (Å²) in [6.45, 7) is 1.48. The molecule has 1 aliphatic rings. The molecule has 1 fully saturated rings. The number of rotatable bonds is 5. The van der Waals surface area contributed by atoms with Crippen molar-refractivity contribution in [2.75, 3.05) is 19.6 Å². The highest BCUT2D eigenvalue weighted by Crippen LogP contribution is 2.22. The number of aliphatic hydroxyl groups excluding tert-OH is 1. The summed E-state index contributed by atoms with van der Waals surface area (Å²) in [5.41, 5.74) is 8.14. The van der Waals surface area contributed by atoms with Crippen LogP contribution in [0.25, 0.3) is 0 Å². The lowest BCUT2D eigenvalue weighted by atomic mass is 10.0. The van der Waals surface area contributed by atoms with E-state index in [9.17, 15) is 9.90 Å². The number of nitrogens with two attached hydrogens (primary N) is 1. The van der Waals surface area contributed by atoms with Gasteiger partial charge in [-0.15, -0.1) is 12.4 Å². The molecule has 0 saturated carbocycles. The van der Waals surface area contributed by atoms with Crippen molar-refractivity contribution in [1.82, 2.24) is 14.9 Å². The van der Waals surface area contributed by atoms with Crippen LogP contribution in [-0.2, 0) is 12.8 Å². The fourth-order valence-corrected chi connectivity index (χ4v) is 3.09. The number of halogens is 1. The van der Waals surface area contributed by atoms with Gasteiger partial charge in [0.1, 0.15) is 0 Å². The number of amides is 1. The Kier molecular flexibility index (Phi) is 6.87. The lowest BCUT2D eigenvalue weighted by Gasteiger charge is -2.16. The Balaban J connectivity index is 0.00000225. The van der Waals surface area contributed by atoms with E-state index < -0.39 is 6.10 Å². The van der Waals surface area contributed by atoms with Gasteiger partial charge in [-0.3, -0.25) is 14.8 Å². The summed E-state index contributed by atoms with van der Waals surface area (Å²) < 4.78 is 0. The molecule has 1 aromatic heterocycles. The van der Waals surface area contributed by atoms with E-state index in [-0.39, 0.29) is 24.2 Å². The predicted molar refractivity (Wildman–Crippen MR) is 97.6 cm³/mol. The van der Waals surface area contributed by atoms with Crippen molar-refractivity contribution in [3.05, 3.63) is 59.7 Å². The van der Waals surface area contributed by atoms with Crippen LogP contribution < -0.4 is 5.73 Å². The largest absolute Gasteiger partial charge is 0.391 e. The summed E-state index contributed by atoms with van der Waals surface area (Å²) in [5.74, 6) is -0.0582. The number of nitrogens with zero attached hydrogens (tertiary/aromatic N) is 3. The van der Waals surface area contributed by atoms with Gasteiger partial charge in [0, 0.05) is 43.2 Å². The van der Waals surface area contributed by atoms with Gasteiger partial charge in [0.15, 0.2) is 0 Å². The first-order valence-corrected chi connectivity index (χ1v) is 8.18. The first-order valence-electron chi connectivity index (χ1n) is 8.18. The van der Waals surface area contributed by atoms with Gasteiger partial charge in [-0.1, -0.05) is 12.1 Å². The van der Waals surface area contributed by atoms with E-state index in [1.807, 2.05) is 24.3 Å². The molecule has 134 valence electrons. The zero-order valence-electron chi connectivity index (χ0n) is 13.9. The zero-order valence-corrected chi connectivity index (χ0v) is 14.7. The molecule has 1 aromatic carbocycles. The first kappa shape index (κ1) is 19.3. The fourth-order valence-electron chi connectivity index (χ4n) is 3.09. The number of β-amino-alcohol motifs (C(OH)–C–C–N with tert-alkyl or cyclic N) is 1. The highest BCUT2D eigenvalue weighted by atomic mass is 35.5. The topological polar surface area (TPSA) is 92.3 Å². The third kappa shape index (κ3) is 4.75. The molecule has 1 aliphatic heterocycles. The van der Waals surface area contributed by atoms with Crippen LogP contribution in [0.15, 0.2) is 42.9 Å². The third-order valence-electron chi connectivity index (χ3n) is 4.42. The van der Waals surface area contributed by atoms with Crippen LogP contribution in [0.5, 0.6) is 0 Å². The normalized spacial score (nSPS) is 19.5. The van der Waals surface area contributed by atoms with E-state index in [0.717, 1.165) is 17.7 Å². The lowest BCUT2D eigenvalue weighted by Crippen LogP contribution is -2.29. The zero-order chi connectivity index (χ0) is 16.9. The molecule has 3 rings (SSSR count). The number of likely N-dealkylation sites (tertiary alicyclic amines) is 1. The molecule has 0 aliphatic carbocycles. The molecule has 6 nitrogen and oxygen atoms in total. The molecule has 0 radical (unpaired) electrons. The molecule has 0 bridgehead atoms. The van der Waals surface area contributed by atoms with Gasteiger partial charge in [0.05, 0.1) is 11.8 Å². The Morgan fingerprint density at radius 2 is 2.00 bits per heavy atom. The fraction of sp³-hybridized carbons (Fsp3) is 0.389. The number of hydrogen-bond donors (Lipinski definition) is 2. The van der Waals surface area contributed by atoms with Gasteiger partial charge in [-0.05, 0) is 37.1 Å². The van der Waals surface area contributed by atoms with Crippen molar-refractivity contribution in [3.63, 3.8) is 0 Å². The SMILES string of the molecule is Cl.NCCc1ccc(C(=O)N2C[C@@H](Cc3cnccn3)[C@H](O)C2)cc1. The smallest absolute Gasteiger partial charge is 0.253 e. The first-order chi connectivity index (χ1) is 11.7. The van der Waals surface area contributed by atoms with E-state index in [1.54, 1.807) is 23.5 Å². The third-order valence-corrected chi connectivity index (χ3v) is 4.42. The molecule has 1 amide bonds. The maximum atomic E-state index is 12.6. The molecule has 1 saturated heterocycles.